The van der Waals surface area contributed by atoms with E-state index in [-0.39, 0.29) is 24.0 Å². The molecule has 1 fully saturated rings. The monoisotopic (exact) mass is 490 g/mol. The molecule has 188 valence electrons. The molecule has 3 heterocycles. The number of amides is 3. The van der Waals surface area contributed by atoms with Crippen molar-refractivity contribution < 1.29 is 28.7 Å². The summed E-state index contributed by atoms with van der Waals surface area (Å²) in [7, 11) is 1.56. The van der Waals surface area contributed by atoms with Gasteiger partial charge in [-0.15, -0.1) is 0 Å². The predicted molar refractivity (Wildman–Crippen MR) is 131 cm³/mol. The Balaban J connectivity index is 1.34. The topological polar surface area (TPSA) is 93.2 Å². The molecule has 3 aliphatic rings. The summed E-state index contributed by atoms with van der Waals surface area (Å²) in [6, 6.07) is 11.0. The number of nitrogens with zero attached hydrogens (tertiary/aromatic N) is 2. The summed E-state index contributed by atoms with van der Waals surface area (Å²) in [5.41, 5.74) is 0.535. The lowest BCUT2D eigenvalue weighted by Gasteiger charge is -2.45. The highest BCUT2D eigenvalue weighted by molar-refractivity contribution is 6.22. The van der Waals surface area contributed by atoms with E-state index in [4.69, 9.17) is 9.47 Å². The molecule has 5 rings (SSSR count). The van der Waals surface area contributed by atoms with Gasteiger partial charge < -0.3 is 14.4 Å². The number of carbonyl (C=O) groups is 4. The van der Waals surface area contributed by atoms with Crippen molar-refractivity contribution >= 4 is 23.5 Å². The van der Waals surface area contributed by atoms with E-state index in [9.17, 15) is 19.2 Å². The number of fused-ring (bicyclic) bond motifs is 2. The number of hydrogen-bond acceptors (Lipinski definition) is 6. The van der Waals surface area contributed by atoms with Crippen molar-refractivity contribution in [3.63, 3.8) is 0 Å². The summed E-state index contributed by atoms with van der Waals surface area (Å²) in [4.78, 5) is 55.7. The third-order valence-corrected chi connectivity index (χ3v) is 7.40. The van der Waals surface area contributed by atoms with Crippen LogP contribution in [0.5, 0.6) is 11.5 Å². The fourth-order valence-corrected chi connectivity index (χ4v) is 5.48. The van der Waals surface area contributed by atoms with Crippen molar-refractivity contribution in [3.05, 3.63) is 59.2 Å². The summed E-state index contributed by atoms with van der Waals surface area (Å²) in [6.07, 6.45) is 1.60. The normalized spacial score (nSPS) is 19.3. The minimum absolute atomic E-state index is 0.0161. The zero-order chi connectivity index (χ0) is 25.6. The smallest absolute Gasteiger partial charge is 0.262 e. The number of Topliss-reactive ketones (excluding diaryl/α,β-unsaturated/α-hetero) is 1. The van der Waals surface area contributed by atoms with E-state index in [1.54, 1.807) is 54.5 Å². The fourth-order valence-electron chi connectivity index (χ4n) is 5.48. The van der Waals surface area contributed by atoms with E-state index < -0.39 is 23.5 Å². The Morgan fingerprint density at radius 1 is 1.00 bits per heavy atom. The highest BCUT2D eigenvalue weighted by Gasteiger charge is 2.47. The Morgan fingerprint density at radius 3 is 2.22 bits per heavy atom. The first-order valence-electron chi connectivity index (χ1n) is 12.4. The lowest BCUT2D eigenvalue weighted by molar-refractivity contribution is -0.139. The van der Waals surface area contributed by atoms with Crippen LogP contribution in [0.15, 0.2) is 42.5 Å². The van der Waals surface area contributed by atoms with Gasteiger partial charge in [0.2, 0.25) is 5.91 Å². The molecule has 1 unspecified atom stereocenters. The molecule has 2 aromatic rings. The highest BCUT2D eigenvalue weighted by Crippen LogP contribution is 2.41. The maximum atomic E-state index is 13.7. The summed E-state index contributed by atoms with van der Waals surface area (Å²) in [6.45, 7) is 4.69. The summed E-state index contributed by atoms with van der Waals surface area (Å²) in [5, 5.41) is 0. The summed E-state index contributed by atoms with van der Waals surface area (Å²) in [5.74, 6) is 0.160. The number of ketones is 1. The minimum Gasteiger partial charge on any atom is -0.497 e. The van der Waals surface area contributed by atoms with Crippen molar-refractivity contribution in [3.8, 4) is 11.5 Å². The lowest BCUT2D eigenvalue weighted by Crippen LogP contribution is -2.57. The second-order valence-electron chi connectivity index (χ2n) is 10.2. The van der Waals surface area contributed by atoms with E-state index >= 15 is 0 Å². The molecular formula is C28H30N2O6. The summed E-state index contributed by atoms with van der Waals surface area (Å²) < 4.78 is 11.6. The van der Waals surface area contributed by atoms with Crippen LogP contribution in [-0.2, 0) is 4.79 Å². The van der Waals surface area contributed by atoms with Crippen LogP contribution in [0.1, 0.15) is 70.6 Å². The predicted octanol–water partition coefficient (Wildman–Crippen LogP) is 3.73. The number of hydrogen-bond donors (Lipinski definition) is 0. The molecule has 0 aliphatic carbocycles. The van der Waals surface area contributed by atoms with E-state index in [0.29, 0.717) is 60.5 Å². The molecule has 0 bridgehead atoms. The number of rotatable bonds is 5. The maximum absolute atomic E-state index is 13.7. The van der Waals surface area contributed by atoms with Crippen LogP contribution in [0.3, 0.4) is 0 Å². The van der Waals surface area contributed by atoms with Gasteiger partial charge in [0.15, 0.2) is 5.78 Å². The Hall–Kier alpha value is -3.68. The zero-order valence-electron chi connectivity index (χ0n) is 20.8. The van der Waals surface area contributed by atoms with Gasteiger partial charge in [0.25, 0.3) is 11.8 Å². The number of piperidine rings is 1. The Labute approximate surface area is 210 Å². The molecule has 3 aliphatic heterocycles. The first-order chi connectivity index (χ1) is 17.2. The average Bonchev–Trinajstić information content (AvgIpc) is 3.12. The van der Waals surface area contributed by atoms with Gasteiger partial charge in [-0.1, -0.05) is 26.0 Å². The molecule has 1 saturated heterocycles. The van der Waals surface area contributed by atoms with Crippen LogP contribution < -0.4 is 9.47 Å². The van der Waals surface area contributed by atoms with Crippen molar-refractivity contribution in [1.29, 1.82) is 0 Å². The molecule has 1 spiro atoms. The largest absolute Gasteiger partial charge is 0.497 e. The Morgan fingerprint density at radius 2 is 1.64 bits per heavy atom. The number of carbonyl (C=O) groups excluding carboxylic acids is 4. The molecule has 1 atom stereocenters. The SMILES string of the molecule is COc1ccc2c(c1)OC1(CCN(C(=O)C(CC(C)C)N3C(=O)c4ccccc4C3=O)CC1)CC2=O. The first kappa shape index (κ1) is 24.0. The quantitative estimate of drug-likeness (QED) is 0.593. The van der Waals surface area contributed by atoms with Gasteiger partial charge >= 0.3 is 0 Å². The first-order valence-corrected chi connectivity index (χ1v) is 12.4. The van der Waals surface area contributed by atoms with Gasteiger partial charge in [0.1, 0.15) is 23.1 Å². The maximum Gasteiger partial charge on any atom is 0.262 e. The van der Waals surface area contributed by atoms with Crippen LogP contribution in [-0.4, -0.2) is 65.1 Å². The number of imide groups is 1. The minimum atomic E-state index is -0.870. The van der Waals surface area contributed by atoms with Gasteiger partial charge in [0.05, 0.1) is 30.2 Å². The standard InChI is InChI=1S/C28H30N2O6/c1-17(2)14-22(30-25(32)19-6-4-5-7-20(19)26(30)33)27(34)29-12-10-28(11-13-29)16-23(31)21-9-8-18(35-3)15-24(21)36-28/h4-9,15,17,22H,10-14,16H2,1-3H3. The van der Waals surface area contributed by atoms with Crippen LogP contribution in [0.25, 0.3) is 0 Å². The molecule has 0 saturated carbocycles. The second-order valence-corrected chi connectivity index (χ2v) is 10.2. The van der Waals surface area contributed by atoms with Crippen LogP contribution >= 0.6 is 0 Å². The second kappa shape index (κ2) is 9.08. The third-order valence-electron chi connectivity index (χ3n) is 7.40. The fraction of sp³-hybridized carbons (Fsp3) is 0.429. The van der Waals surface area contributed by atoms with Crippen molar-refractivity contribution in [2.45, 2.75) is 51.2 Å². The Kier molecular flexibility index (Phi) is 6.06. The average molecular weight is 491 g/mol. The number of benzene rings is 2. The molecule has 2 aromatic carbocycles. The van der Waals surface area contributed by atoms with E-state index in [2.05, 4.69) is 0 Å². The summed E-state index contributed by atoms with van der Waals surface area (Å²) >= 11 is 0. The number of methoxy groups -OCH3 is 1. The number of ether oxygens (including phenoxy) is 2. The van der Waals surface area contributed by atoms with Crippen molar-refractivity contribution in [2.75, 3.05) is 20.2 Å². The van der Waals surface area contributed by atoms with Crippen LogP contribution in [0.2, 0.25) is 0 Å². The van der Waals surface area contributed by atoms with Crippen molar-refractivity contribution in [1.82, 2.24) is 9.80 Å². The van der Waals surface area contributed by atoms with Gasteiger partial charge in [-0.3, -0.25) is 24.1 Å². The van der Waals surface area contributed by atoms with E-state index in [1.165, 1.54) is 0 Å². The van der Waals surface area contributed by atoms with E-state index in [1.807, 2.05) is 13.8 Å². The third kappa shape index (κ3) is 4.04. The molecule has 8 heteroatoms. The van der Waals surface area contributed by atoms with Gasteiger partial charge in [-0.2, -0.15) is 0 Å². The molecule has 8 nitrogen and oxygen atoms in total. The number of likely N-dealkylation sites (tertiary alicyclic amines) is 1. The van der Waals surface area contributed by atoms with Crippen LogP contribution in [0, 0.1) is 5.92 Å². The molecule has 36 heavy (non-hydrogen) atoms. The molecule has 0 aromatic heterocycles. The molecule has 0 N–H and O–H groups in total. The van der Waals surface area contributed by atoms with Crippen LogP contribution in [0.4, 0.5) is 0 Å². The van der Waals surface area contributed by atoms with Crippen molar-refractivity contribution in [2.24, 2.45) is 5.92 Å². The molecule has 3 amide bonds. The molecular weight excluding hydrogens is 460 g/mol. The van der Waals surface area contributed by atoms with Gasteiger partial charge in [-0.25, -0.2) is 0 Å². The lowest BCUT2D eigenvalue weighted by atomic mass is 9.82. The highest BCUT2D eigenvalue weighted by atomic mass is 16.5. The Bertz CT molecular complexity index is 1210. The van der Waals surface area contributed by atoms with Gasteiger partial charge in [0, 0.05) is 32.0 Å². The zero-order valence-corrected chi connectivity index (χ0v) is 20.8. The van der Waals surface area contributed by atoms with Gasteiger partial charge in [-0.05, 0) is 36.6 Å². The van der Waals surface area contributed by atoms with E-state index in [0.717, 1.165) is 4.90 Å². The molecule has 0 radical (unpaired) electrons.